The summed E-state index contributed by atoms with van der Waals surface area (Å²) in [7, 11) is 0. The van der Waals surface area contributed by atoms with E-state index in [0.717, 1.165) is 16.8 Å². The summed E-state index contributed by atoms with van der Waals surface area (Å²) in [4.78, 5) is 16.1. The Balaban J connectivity index is 1.97. The lowest BCUT2D eigenvalue weighted by Gasteiger charge is -2.12. The maximum Gasteiger partial charge on any atom is 0.224 e. The van der Waals surface area contributed by atoms with Crippen molar-refractivity contribution in [3.05, 3.63) is 58.9 Å². The van der Waals surface area contributed by atoms with Gasteiger partial charge in [0, 0.05) is 29.5 Å². The Bertz CT molecular complexity index is 599. The molecule has 1 N–H and O–H groups in total. The van der Waals surface area contributed by atoms with Gasteiger partial charge in [-0.1, -0.05) is 30.7 Å². The van der Waals surface area contributed by atoms with Gasteiger partial charge in [0.15, 0.2) is 0 Å². The Morgan fingerprint density at radius 3 is 2.85 bits per heavy atom. The number of amides is 1. The number of hydrogen-bond donors (Lipinski definition) is 1. The average Bonchev–Trinajstić information content (AvgIpc) is 2.44. The zero-order valence-electron chi connectivity index (χ0n) is 11.6. The minimum atomic E-state index is -0.0266. The minimum Gasteiger partial charge on any atom is -0.326 e. The van der Waals surface area contributed by atoms with E-state index in [9.17, 15) is 4.79 Å². The van der Waals surface area contributed by atoms with Crippen molar-refractivity contribution in [1.82, 2.24) is 4.98 Å². The smallest absolute Gasteiger partial charge is 0.224 e. The predicted molar refractivity (Wildman–Crippen MR) is 82.1 cm³/mol. The van der Waals surface area contributed by atoms with Crippen molar-refractivity contribution >= 4 is 23.2 Å². The lowest BCUT2D eigenvalue weighted by molar-refractivity contribution is -0.116. The van der Waals surface area contributed by atoms with Crippen LogP contribution < -0.4 is 5.32 Å². The van der Waals surface area contributed by atoms with E-state index in [1.54, 1.807) is 18.5 Å². The zero-order valence-corrected chi connectivity index (χ0v) is 12.3. The topological polar surface area (TPSA) is 42.0 Å². The highest BCUT2D eigenvalue weighted by Gasteiger charge is 2.11. The first-order valence-corrected chi connectivity index (χ1v) is 6.90. The summed E-state index contributed by atoms with van der Waals surface area (Å²) >= 11 is 6.04. The largest absolute Gasteiger partial charge is 0.326 e. The van der Waals surface area contributed by atoms with Crippen molar-refractivity contribution in [3.8, 4) is 0 Å². The molecule has 3 nitrogen and oxygen atoms in total. The van der Waals surface area contributed by atoms with Gasteiger partial charge in [0.25, 0.3) is 0 Å². The van der Waals surface area contributed by atoms with Gasteiger partial charge in [-0.25, -0.2) is 0 Å². The first kappa shape index (κ1) is 14.5. The highest BCUT2D eigenvalue weighted by atomic mass is 35.5. The second-order valence-electron chi connectivity index (χ2n) is 4.90. The third kappa shape index (κ3) is 3.81. The van der Waals surface area contributed by atoms with E-state index in [4.69, 9.17) is 11.6 Å². The molecule has 0 aliphatic heterocycles. The number of aryl methyl sites for hydroxylation is 1. The Hall–Kier alpha value is -1.87. The van der Waals surface area contributed by atoms with Crippen molar-refractivity contribution in [2.45, 2.75) is 26.2 Å². The molecule has 0 spiro atoms. The van der Waals surface area contributed by atoms with E-state index in [1.165, 1.54) is 0 Å². The molecule has 0 aliphatic rings. The monoisotopic (exact) mass is 288 g/mol. The number of carbonyl (C=O) groups excluding carboxylic acids is 1. The quantitative estimate of drug-likeness (QED) is 0.917. The number of nitrogens with one attached hydrogen (secondary N) is 1. The normalized spacial score (nSPS) is 11.9. The number of pyridine rings is 1. The van der Waals surface area contributed by atoms with Gasteiger partial charge in [-0.15, -0.1) is 0 Å². The van der Waals surface area contributed by atoms with Crippen molar-refractivity contribution in [1.29, 1.82) is 0 Å². The molecule has 1 amide bonds. The molecule has 104 valence electrons. The first-order chi connectivity index (χ1) is 9.56. The fourth-order valence-corrected chi connectivity index (χ4v) is 2.13. The molecular formula is C16H17ClN2O. The van der Waals surface area contributed by atoms with Gasteiger partial charge < -0.3 is 5.32 Å². The Morgan fingerprint density at radius 1 is 1.40 bits per heavy atom. The lowest BCUT2D eigenvalue weighted by Crippen LogP contribution is -2.14. The van der Waals surface area contributed by atoms with Crippen LogP contribution in [0, 0.1) is 6.92 Å². The number of halogens is 1. The van der Waals surface area contributed by atoms with Crippen LogP contribution in [0.15, 0.2) is 42.7 Å². The van der Waals surface area contributed by atoms with Crippen LogP contribution in [0.5, 0.6) is 0 Å². The highest BCUT2D eigenvalue weighted by Crippen LogP contribution is 2.22. The second-order valence-corrected chi connectivity index (χ2v) is 5.31. The molecule has 2 rings (SSSR count). The first-order valence-electron chi connectivity index (χ1n) is 6.52. The predicted octanol–water partition coefficient (Wildman–Crippen LogP) is 4.18. The number of rotatable bonds is 4. The van der Waals surface area contributed by atoms with Crippen molar-refractivity contribution in [2.75, 3.05) is 5.32 Å². The fourth-order valence-electron chi connectivity index (χ4n) is 1.95. The molecule has 1 unspecified atom stereocenters. The van der Waals surface area contributed by atoms with Crippen LogP contribution in [0.2, 0.25) is 5.02 Å². The SMILES string of the molecule is Cc1ccc(NC(=O)CC(C)c2cccnc2)cc1Cl. The summed E-state index contributed by atoms with van der Waals surface area (Å²) in [6.07, 6.45) is 3.93. The number of carbonyl (C=O) groups is 1. The van der Waals surface area contributed by atoms with E-state index in [-0.39, 0.29) is 11.8 Å². The molecule has 1 aromatic carbocycles. The summed E-state index contributed by atoms with van der Waals surface area (Å²) < 4.78 is 0. The van der Waals surface area contributed by atoms with E-state index >= 15 is 0 Å². The molecule has 0 saturated heterocycles. The number of hydrogen-bond acceptors (Lipinski definition) is 2. The maximum atomic E-state index is 12.0. The van der Waals surface area contributed by atoms with Crippen molar-refractivity contribution in [2.24, 2.45) is 0 Å². The summed E-state index contributed by atoms with van der Waals surface area (Å²) in [6.45, 7) is 3.94. The zero-order chi connectivity index (χ0) is 14.5. The molecule has 0 aliphatic carbocycles. The Kier molecular flexibility index (Phi) is 4.74. The molecule has 1 aromatic heterocycles. The molecule has 4 heteroatoms. The summed E-state index contributed by atoms with van der Waals surface area (Å²) in [5, 5.41) is 3.52. The van der Waals surface area contributed by atoms with Crippen molar-refractivity contribution < 1.29 is 4.79 Å². The van der Waals surface area contributed by atoms with Crippen LogP contribution in [0.25, 0.3) is 0 Å². The Morgan fingerprint density at radius 2 is 2.20 bits per heavy atom. The van der Waals surface area contributed by atoms with E-state index < -0.39 is 0 Å². The number of aromatic nitrogens is 1. The van der Waals surface area contributed by atoms with Gasteiger partial charge in [-0.3, -0.25) is 9.78 Å². The van der Waals surface area contributed by atoms with E-state index in [0.29, 0.717) is 11.4 Å². The highest BCUT2D eigenvalue weighted by molar-refractivity contribution is 6.31. The standard InChI is InChI=1S/C16H17ClN2O/c1-11-5-6-14(9-15(11)17)19-16(20)8-12(2)13-4-3-7-18-10-13/h3-7,9-10,12H,8H2,1-2H3,(H,19,20). The van der Waals surface area contributed by atoms with Crippen molar-refractivity contribution in [3.63, 3.8) is 0 Å². The molecule has 1 heterocycles. The third-order valence-electron chi connectivity index (χ3n) is 3.20. The fraction of sp³-hybridized carbons (Fsp3) is 0.250. The van der Waals surface area contributed by atoms with Crippen LogP contribution in [0.4, 0.5) is 5.69 Å². The molecule has 1 atom stereocenters. The molecule has 0 bridgehead atoms. The maximum absolute atomic E-state index is 12.0. The van der Waals surface area contributed by atoms with Gasteiger partial charge in [0.1, 0.15) is 0 Å². The van der Waals surface area contributed by atoms with Crippen LogP contribution >= 0.6 is 11.6 Å². The molecule has 0 radical (unpaired) electrons. The third-order valence-corrected chi connectivity index (χ3v) is 3.61. The average molecular weight is 289 g/mol. The van der Waals surface area contributed by atoms with E-state index in [1.807, 2.05) is 38.1 Å². The van der Waals surface area contributed by atoms with Gasteiger partial charge in [-0.2, -0.15) is 0 Å². The number of anilines is 1. The van der Waals surface area contributed by atoms with E-state index in [2.05, 4.69) is 10.3 Å². The molecular weight excluding hydrogens is 272 g/mol. The molecule has 0 fully saturated rings. The van der Waals surface area contributed by atoms with Gasteiger partial charge in [0.2, 0.25) is 5.91 Å². The van der Waals surface area contributed by atoms with Gasteiger partial charge >= 0.3 is 0 Å². The number of nitrogens with zero attached hydrogens (tertiary/aromatic N) is 1. The summed E-state index contributed by atoms with van der Waals surface area (Å²) in [5.74, 6) is 0.103. The summed E-state index contributed by atoms with van der Waals surface area (Å²) in [5.41, 5.74) is 2.78. The second kappa shape index (κ2) is 6.53. The lowest BCUT2D eigenvalue weighted by atomic mass is 9.99. The summed E-state index contributed by atoms with van der Waals surface area (Å²) in [6, 6.07) is 9.37. The van der Waals surface area contributed by atoms with Crippen LogP contribution in [0.1, 0.15) is 30.4 Å². The molecule has 2 aromatic rings. The van der Waals surface area contributed by atoms with Crippen LogP contribution in [-0.2, 0) is 4.79 Å². The Labute approximate surface area is 124 Å². The molecule has 0 saturated carbocycles. The van der Waals surface area contributed by atoms with Crippen LogP contribution in [-0.4, -0.2) is 10.9 Å². The number of benzene rings is 1. The van der Waals surface area contributed by atoms with Gasteiger partial charge in [0.05, 0.1) is 0 Å². The molecule has 20 heavy (non-hydrogen) atoms. The van der Waals surface area contributed by atoms with Gasteiger partial charge in [-0.05, 0) is 42.2 Å². The van der Waals surface area contributed by atoms with Crippen LogP contribution in [0.3, 0.4) is 0 Å². The minimum absolute atomic E-state index is 0.0266.